The third-order valence-corrected chi connectivity index (χ3v) is 7.44. The molecule has 0 spiro atoms. The van der Waals surface area contributed by atoms with E-state index in [9.17, 15) is 4.79 Å². The van der Waals surface area contributed by atoms with E-state index in [0.717, 1.165) is 17.7 Å². The molecule has 5 nitrogen and oxygen atoms in total. The lowest BCUT2D eigenvalue weighted by atomic mass is 10.1. The molecule has 150 valence electrons. The molecule has 28 heavy (non-hydrogen) atoms. The summed E-state index contributed by atoms with van der Waals surface area (Å²) in [6.45, 7) is 0.520. The molecule has 2 aromatic rings. The number of methoxy groups -OCH3 is 2. The minimum Gasteiger partial charge on any atom is -0.497 e. The molecular weight excluding hydrogens is 394 g/mol. The van der Waals surface area contributed by atoms with Crippen molar-refractivity contribution in [2.75, 3.05) is 38.9 Å². The zero-order valence-electron chi connectivity index (χ0n) is 16.1. The van der Waals surface area contributed by atoms with Crippen molar-refractivity contribution in [1.82, 2.24) is 5.32 Å². The van der Waals surface area contributed by atoms with Crippen LogP contribution < -0.4 is 19.5 Å². The van der Waals surface area contributed by atoms with Crippen molar-refractivity contribution < 1.29 is 19.0 Å². The zero-order valence-corrected chi connectivity index (χ0v) is 17.7. The first-order valence-corrected chi connectivity index (χ1v) is 11.2. The smallest absolute Gasteiger partial charge is 0.257 e. The molecule has 7 heteroatoms. The quantitative estimate of drug-likeness (QED) is 0.665. The summed E-state index contributed by atoms with van der Waals surface area (Å²) in [5.41, 5.74) is 2.36. The summed E-state index contributed by atoms with van der Waals surface area (Å²) in [4.78, 5) is 12.1. The van der Waals surface area contributed by atoms with Gasteiger partial charge >= 0.3 is 0 Å². The molecule has 1 aliphatic rings. The van der Waals surface area contributed by atoms with Crippen LogP contribution in [0.15, 0.2) is 42.5 Å². The molecule has 0 aromatic heterocycles. The van der Waals surface area contributed by atoms with Gasteiger partial charge in [-0.2, -0.15) is 0 Å². The normalized spacial score (nSPS) is 13.9. The van der Waals surface area contributed by atoms with Crippen LogP contribution in [0, 0.1) is 0 Å². The van der Waals surface area contributed by atoms with E-state index in [1.807, 2.05) is 59.9 Å². The van der Waals surface area contributed by atoms with Gasteiger partial charge in [0.1, 0.15) is 5.75 Å². The Hall–Kier alpha value is -1.99. The molecular formula is C21H25NO4S2. The van der Waals surface area contributed by atoms with Crippen LogP contribution in [0.1, 0.15) is 15.7 Å². The number of rotatable bonds is 9. The van der Waals surface area contributed by atoms with Crippen molar-refractivity contribution in [1.29, 1.82) is 0 Å². The Morgan fingerprint density at radius 3 is 2.46 bits per heavy atom. The third-order valence-electron chi connectivity index (χ3n) is 4.34. The molecule has 2 aromatic carbocycles. The van der Waals surface area contributed by atoms with Gasteiger partial charge in [-0.1, -0.05) is 18.2 Å². The first-order chi connectivity index (χ1) is 13.7. The first kappa shape index (κ1) is 20.7. The van der Waals surface area contributed by atoms with E-state index < -0.39 is 0 Å². The Labute approximate surface area is 174 Å². The van der Waals surface area contributed by atoms with Crippen LogP contribution in [0.25, 0.3) is 0 Å². The van der Waals surface area contributed by atoms with E-state index in [0.29, 0.717) is 22.6 Å². The maximum absolute atomic E-state index is 12.1. The van der Waals surface area contributed by atoms with Crippen LogP contribution in [0.2, 0.25) is 0 Å². The number of carbonyl (C=O) groups excluding carboxylic acids is 1. The van der Waals surface area contributed by atoms with Crippen molar-refractivity contribution in [3.63, 3.8) is 0 Å². The van der Waals surface area contributed by atoms with Crippen molar-refractivity contribution >= 4 is 29.4 Å². The van der Waals surface area contributed by atoms with Gasteiger partial charge in [0, 0.05) is 18.1 Å². The van der Waals surface area contributed by atoms with Gasteiger partial charge in [0.2, 0.25) is 0 Å². The molecule has 1 saturated heterocycles. The molecule has 1 amide bonds. The average Bonchev–Trinajstić information content (AvgIpc) is 3.27. The fourth-order valence-electron chi connectivity index (χ4n) is 2.83. The second kappa shape index (κ2) is 10.5. The highest BCUT2D eigenvalue weighted by atomic mass is 32.2. The molecule has 1 N–H and O–H groups in total. The predicted octanol–water partition coefficient (Wildman–Crippen LogP) is 3.92. The third kappa shape index (κ3) is 5.75. The van der Waals surface area contributed by atoms with E-state index >= 15 is 0 Å². The van der Waals surface area contributed by atoms with Crippen molar-refractivity contribution in [2.45, 2.75) is 11.0 Å². The first-order valence-electron chi connectivity index (χ1n) is 9.13. The van der Waals surface area contributed by atoms with E-state index in [1.54, 1.807) is 14.2 Å². The van der Waals surface area contributed by atoms with Gasteiger partial charge in [-0.3, -0.25) is 4.79 Å². The Morgan fingerprint density at radius 2 is 1.79 bits per heavy atom. The molecule has 0 unspecified atom stereocenters. The maximum Gasteiger partial charge on any atom is 0.257 e. The molecule has 1 fully saturated rings. The summed E-state index contributed by atoms with van der Waals surface area (Å²) in [6.07, 6.45) is 0.754. The fourth-order valence-corrected chi connectivity index (χ4v) is 5.67. The Bertz CT molecular complexity index is 776. The topological polar surface area (TPSA) is 56.8 Å². The van der Waals surface area contributed by atoms with Crippen molar-refractivity contribution in [2.24, 2.45) is 0 Å². The van der Waals surface area contributed by atoms with Crippen LogP contribution in [0.4, 0.5) is 0 Å². The molecule has 0 radical (unpaired) electrons. The standard InChI is InChI=1S/C21H25NO4S2/c1-24-17-6-3-15(4-7-17)9-10-22-20(23)14-26-18-8-5-16(13-19(18)25-2)21-27-11-12-28-21/h3-8,13,21H,9-12,14H2,1-2H3,(H,22,23). The molecule has 0 aliphatic carbocycles. The van der Waals surface area contributed by atoms with Crippen LogP contribution in [-0.4, -0.2) is 44.8 Å². The van der Waals surface area contributed by atoms with E-state index in [1.165, 1.54) is 17.1 Å². The minimum absolute atomic E-state index is 0.0365. The van der Waals surface area contributed by atoms with Crippen LogP contribution >= 0.6 is 23.5 Å². The molecule has 1 aliphatic heterocycles. The number of carbonyl (C=O) groups is 1. The SMILES string of the molecule is COc1ccc(CCNC(=O)COc2ccc(C3SCCS3)cc2OC)cc1. The summed E-state index contributed by atoms with van der Waals surface area (Å²) in [5, 5.41) is 2.88. The summed E-state index contributed by atoms with van der Waals surface area (Å²) < 4.78 is 16.7. The van der Waals surface area contributed by atoms with Gasteiger partial charge in [-0.05, 0) is 41.8 Å². The van der Waals surface area contributed by atoms with Gasteiger partial charge in [0.25, 0.3) is 5.91 Å². The summed E-state index contributed by atoms with van der Waals surface area (Å²) >= 11 is 3.89. The van der Waals surface area contributed by atoms with Gasteiger partial charge in [0.05, 0.1) is 18.8 Å². The highest BCUT2D eigenvalue weighted by molar-refractivity contribution is 8.19. The monoisotopic (exact) mass is 419 g/mol. The number of amides is 1. The van der Waals surface area contributed by atoms with Crippen LogP contribution in [-0.2, 0) is 11.2 Å². The second-order valence-electron chi connectivity index (χ2n) is 6.22. The number of ether oxygens (including phenoxy) is 3. The second-order valence-corrected chi connectivity index (χ2v) is 8.94. The lowest BCUT2D eigenvalue weighted by Crippen LogP contribution is -2.30. The molecule has 1 heterocycles. The minimum atomic E-state index is -0.151. The summed E-state index contributed by atoms with van der Waals surface area (Å²) in [7, 11) is 3.26. The Balaban J connectivity index is 1.45. The van der Waals surface area contributed by atoms with Crippen LogP contribution in [0.5, 0.6) is 17.2 Å². The van der Waals surface area contributed by atoms with Gasteiger partial charge < -0.3 is 19.5 Å². The van der Waals surface area contributed by atoms with E-state index in [2.05, 4.69) is 11.4 Å². The average molecular weight is 420 g/mol. The zero-order chi connectivity index (χ0) is 19.8. The van der Waals surface area contributed by atoms with E-state index in [4.69, 9.17) is 14.2 Å². The number of thioether (sulfide) groups is 2. The Morgan fingerprint density at radius 1 is 1.04 bits per heavy atom. The van der Waals surface area contributed by atoms with Gasteiger partial charge in [0.15, 0.2) is 18.1 Å². The number of nitrogens with one attached hydrogen (secondary N) is 1. The van der Waals surface area contributed by atoms with E-state index in [-0.39, 0.29) is 12.5 Å². The largest absolute Gasteiger partial charge is 0.497 e. The Kier molecular flexibility index (Phi) is 7.80. The highest BCUT2D eigenvalue weighted by Gasteiger charge is 2.20. The lowest BCUT2D eigenvalue weighted by Gasteiger charge is -2.14. The summed E-state index contributed by atoms with van der Waals surface area (Å²) in [5.74, 6) is 4.27. The van der Waals surface area contributed by atoms with Crippen molar-refractivity contribution in [3.05, 3.63) is 53.6 Å². The lowest BCUT2D eigenvalue weighted by molar-refractivity contribution is -0.123. The number of benzene rings is 2. The summed E-state index contributed by atoms with van der Waals surface area (Å²) in [6, 6.07) is 13.8. The number of hydrogen-bond acceptors (Lipinski definition) is 6. The maximum atomic E-state index is 12.1. The van der Waals surface area contributed by atoms with Gasteiger partial charge in [-0.25, -0.2) is 0 Å². The molecule has 0 saturated carbocycles. The predicted molar refractivity (Wildman–Crippen MR) is 116 cm³/mol. The van der Waals surface area contributed by atoms with Crippen LogP contribution in [0.3, 0.4) is 0 Å². The highest BCUT2D eigenvalue weighted by Crippen LogP contribution is 2.46. The molecule has 0 bridgehead atoms. The number of hydrogen-bond donors (Lipinski definition) is 1. The molecule has 0 atom stereocenters. The van der Waals surface area contributed by atoms with Crippen molar-refractivity contribution in [3.8, 4) is 17.2 Å². The van der Waals surface area contributed by atoms with Gasteiger partial charge in [-0.15, -0.1) is 23.5 Å². The molecule has 3 rings (SSSR count). The fraction of sp³-hybridized carbons (Fsp3) is 0.381.